The lowest BCUT2D eigenvalue weighted by atomic mass is 9.90. The molecule has 0 aliphatic carbocycles. The van der Waals surface area contributed by atoms with Crippen LogP contribution < -0.4 is 0 Å². The van der Waals surface area contributed by atoms with Crippen LogP contribution in [0.4, 0.5) is 0 Å². The van der Waals surface area contributed by atoms with Gasteiger partial charge in [0.2, 0.25) is 0 Å². The number of carbonyl (C=O) groups excluding carboxylic acids is 2. The second kappa shape index (κ2) is 17.5. The fraction of sp³-hybridized carbons (Fsp3) is 0.737. The zero-order chi connectivity index (χ0) is 38.5. The molecule has 1 saturated heterocycles. The standard InChI is InChI=1S/C38H67IO8Si3/c1-27(40)42-26-20-23-29-31(44-35(41)28-21-18-17-19-22-28)33(46-49(13,14)37(5,6)7)34(47-50(15,16)38(8,9)10)32(43-29)30(24-25-39)45-48(11,12)36(2,3)4/h17-19,21-22,24-25,29-34H,20,23,26H2,1-16H3/b25-24+/t29-,30?,31-,32-,33?,34?/m0/s1. The first-order chi connectivity index (χ1) is 22.6. The molecule has 0 saturated carbocycles. The predicted octanol–water partition coefficient (Wildman–Crippen LogP) is 10.4. The van der Waals surface area contributed by atoms with Gasteiger partial charge in [0.1, 0.15) is 18.3 Å². The Morgan fingerprint density at radius 1 is 0.800 bits per heavy atom. The van der Waals surface area contributed by atoms with Crippen molar-refractivity contribution >= 4 is 59.5 Å². The SMILES string of the molecule is CC(=O)OCCC[C@@H]1O[C@@H](C(/C=C/I)O[Si](C)(C)C(C)(C)C)C(O[Si](C)(C)C(C)(C)C)C(O[Si](C)(C)C(C)(C)C)[C@H]1OC(=O)c1ccccc1. The van der Waals surface area contributed by atoms with Crippen molar-refractivity contribution in [1.29, 1.82) is 0 Å². The van der Waals surface area contributed by atoms with Gasteiger partial charge in [0, 0.05) is 6.92 Å². The van der Waals surface area contributed by atoms with Gasteiger partial charge in [0.25, 0.3) is 0 Å². The topological polar surface area (TPSA) is 89.5 Å². The molecular formula is C38H67IO8Si3. The Morgan fingerprint density at radius 2 is 1.30 bits per heavy atom. The Balaban J connectivity index is 2.90. The molecule has 1 heterocycles. The Labute approximate surface area is 320 Å². The first kappa shape index (κ1) is 45.3. The molecule has 3 unspecified atom stereocenters. The number of rotatable bonds is 14. The molecule has 1 aromatic rings. The van der Waals surface area contributed by atoms with E-state index in [-0.39, 0.29) is 27.7 Å². The molecule has 0 N–H and O–H groups in total. The normalized spacial score (nSPS) is 23.5. The van der Waals surface area contributed by atoms with Gasteiger partial charge in [-0.2, -0.15) is 0 Å². The molecule has 286 valence electrons. The fourth-order valence-electron chi connectivity index (χ4n) is 4.95. The second-order valence-electron chi connectivity index (χ2n) is 18.2. The first-order valence-electron chi connectivity index (χ1n) is 18.0. The summed E-state index contributed by atoms with van der Waals surface area (Å²) in [6.07, 6.45) is -0.576. The van der Waals surface area contributed by atoms with E-state index >= 15 is 0 Å². The van der Waals surface area contributed by atoms with Crippen LogP contribution in [0.2, 0.25) is 54.4 Å². The fourth-order valence-corrected chi connectivity index (χ4v) is 9.22. The minimum Gasteiger partial charge on any atom is -0.466 e. The smallest absolute Gasteiger partial charge is 0.338 e. The van der Waals surface area contributed by atoms with Gasteiger partial charge >= 0.3 is 11.9 Å². The van der Waals surface area contributed by atoms with Gasteiger partial charge in [-0.15, -0.1) is 0 Å². The van der Waals surface area contributed by atoms with Crippen molar-refractivity contribution in [3.63, 3.8) is 0 Å². The van der Waals surface area contributed by atoms with Gasteiger partial charge < -0.3 is 27.5 Å². The van der Waals surface area contributed by atoms with Crippen LogP contribution in [0, 0.1) is 0 Å². The van der Waals surface area contributed by atoms with Gasteiger partial charge in [0.05, 0.1) is 24.4 Å². The molecule has 6 atom stereocenters. The monoisotopic (exact) mass is 862 g/mol. The molecular weight excluding hydrogens is 796 g/mol. The highest BCUT2D eigenvalue weighted by Gasteiger charge is 2.57. The van der Waals surface area contributed by atoms with Gasteiger partial charge in [-0.3, -0.25) is 4.79 Å². The first-order valence-corrected chi connectivity index (χ1v) is 28.0. The van der Waals surface area contributed by atoms with E-state index in [1.54, 1.807) is 12.1 Å². The summed E-state index contributed by atoms with van der Waals surface area (Å²) >= 11 is 2.25. The number of ether oxygens (including phenoxy) is 3. The van der Waals surface area contributed by atoms with Crippen LogP contribution in [-0.4, -0.2) is 80.1 Å². The van der Waals surface area contributed by atoms with E-state index in [4.69, 9.17) is 27.5 Å². The number of benzene rings is 1. The van der Waals surface area contributed by atoms with Gasteiger partial charge in [-0.25, -0.2) is 4.79 Å². The van der Waals surface area contributed by atoms with Gasteiger partial charge in [-0.05, 0) is 89.5 Å². The van der Waals surface area contributed by atoms with Crippen molar-refractivity contribution in [2.24, 2.45) is 0 Å². The van der Waals surface area contributed by atoms with Gasteiger partial charge in [0.15, 0.2) is 31.1 Å². The molecule has 2 rings (SSSR count). The summed E-state index contributed by atoms with van der Waals surface area (Å²) in [4.78, 5) is 25.6. The van der Waals surface area contributed by atoms with Crippen molar-refractivity contribution in [3.05, 3.63) is 46.1 Å². The van der Waals surface area contributed by atoms with E-state index < -0.39 is 67.5 Å². The zero-order valence-corrected chi connectivity index (χ0v) is 38.9. The van der Waals surface area contributed by atoms with Gasteiger partial charge in [-0.1, -0.05) is 103 Å². The average molecular weight is 863 g/mol. The van der Waals surface area contributed by atoms with Crippen LogP contribution in [0.5, 0.6) is 0 Å². The van der Waals surface area contributed by atoms with E-state index in [2.05, 4.69) is 130 Å². The molecule has 12 heteroatoms. The number of hydrogen-bond donors (Lipinski definition) is 0. The lowest BCUT2D eigenvalue weighted by molar-refractivity contribution is -0.230. The summed E-state index contributed by atoms with van der Waals surface area (Å²) in [5.41, 5.74) is 0.452. The third-order valence-corrected chi connectivity index (χ3v) is 25.0. The van der Waals surface area contributed by atoms with E-state index in [0.29, 0.717) is 18.4 Å². The lowest BCUT2D eigenvalue weighted by Crippen LogP contribution is -2.68. The molecule has 0 radical (unpaired) electrons. The van der Waals surface area contributed by atoms with E-state index in [1.807, 2.05) is 22.3 Å². The number of carbonyl (C=O) groups is 2. The highest BCUT2D eigenvalue weighted by atomic mass is 127. The van der Waals surface area contributed by atoms with Crippen molar-refractivity contribution in [3.8, 4) is 0 Å². The average Bonchev–Trinajstić information content (AvgIpc) is 2.95. The highest BCUT2D eigenvalue weighted by Crippen LogP contribution is 2.46. The maximum atomic E-state index is 13.9. The zero-order valence-electron chi connectivity index (χ0n) is 33.8. The second-order valence-corrected chi connectivity index (χ2v) is 33.2. The maximum absolute atomic E-state index is 13.9. The minimum absolute atomic E-state index is 0.0525. The summed E-state index contributed by atoms with van der Waals surface area (Å²) in [5.74, 6) is -0.782. The molecule has 8 nitrogen and oxygen atoms in total. The van der Waals surface area contributed by atoms with E-state index in [9.17, 15) is 9.59 Å². The lowest BCUT2D eigenvalue weighted by Gasteiger charge is -2.54. The highest BCUT2D eigenvalue weighted by molar-refractivity contribution is 14.1. The quantitative estimate of drug-likeness (QED) is 0.0791. The summed E-state index contributed by atoms with van der Waals surface area (Å²) in [6, 6.07) is 9.04. The van der Waals surface area contributed by atoms with E-state index in [0.717, 1.165) is 0 Å². The number of esters is 2. The van der Waals surface area contributed by atoms with Crippen LogP contribution in [0.15, 0.2) is 40.5 Å². The van der Waals surface area contributed by atoms with E-state index in [1.165, 1.54) is 6.92 Å². The molecule has 1 aliphatic heterocycles. The summed E-state index contributed by atoms with van der Waals surface area (Å²) in [6.45, 7) is 35.1. The van der Waals surface area contributed by atoms with Crippen LogP contribution in [0.25, 0.3) is 0 Å². The van der Waals surface area contributed by atoms with Crippen LogP contribution in [-0.2, 0) is 32.3 Å². The predicted molar refractivity (Wildman–Crippen MR) is 220 cm³/mol. The Kier molecular flexibility index (Phi) is 15.9. The third-order valence-electron chi connectivity index (χ3n) is 11.2. The van der Waals surface area contributed by atoms with Crippen LogP contribution in [0.1, 0.15) is 92.4 Å². The van der Waals surface area contributed by atoms with Crippen molar-refractivity contribution in [2.75, 3.05) is 6.61 Å². The molecule has 1 aliphatic rings. The van der Waals surface area contributed by atoms with Crippen molar-refractivity contribution in [1.82, 2.24) is 0 Å². The Hall–Kier alpha value is -0.879. The Morgan fingerprint density at radius 3 is 1.76 bits per heavy atom. The maximum Gasteiger partial charge on any atom is 0.338 e. The van der Waals surface area contributed by atoms with Crippen molar-refractivity contribution < 1.29 is 37.1 Å². The molecule has 1 aromatic carbocycles. The number of hydrogen-bond acceptors (Lipinski definition) is 8. The Bertz CT molecular complexity index is 1280. The van der Waals surface area contributed by atoms with Crippen molar-refractivity contribution in [2.45, 2.75) is 173 Å². The third kappa shape index (κ3) is 12.1. The molecule has 1 fully saturated rings. The molecule has 0 amide bonds. The summed E-state index contributed by atoms with van der Waals surface area (Å²) in [5, 5.41) is -0.311. The summed E-state index contributed by atoms with van der Waals surface area (Å²) < 4.78 is 43.1. The molecule has 0 spiro atoms. The van der Waals surface area contributed by atoms with Crippen LogP contribution in [0.3, 0.4) is 0 Å². The van der Waals surface area contributed by atoms with Crippen LogP contribution >= 0.6 is 22.6 Å². The number of halogens is 1. The largest absolute Gasteiger partial charge is 0.466 e. The molecule has 0 bridgehead atoms. The molecule has 0 aromatic heterocycles. The summed E-state index contributed by atoms with van der Waals surface area (Å²) in [7, 11) is -7.30. The molecule has 50 heavy (non-hydrogen) atoms. The minimum atomic E-state index is -2.50.